The summed E-state index contributed by atoms with van der Waals surface area (Å²) in [7, 11) is 0. The molecule has 0 spiro atoms. The van der Waals surface area contributed by atoms with Crippen LogP contribution in [0.4, 0.5) is 0 Å². The van der Waals surface area contributed by atoms with Crippen molar-refractivity contribution in [3.05, 3.63) is 16.1 Å². The first-order valence-corrected chi connectivity index (χ1v) is 6.71. The van der Waals surface area contributed by atoms with Gasteiger partial charge >= 0.3 is 0 Å². The maximum atomic E-state index is 12.1. The van der Waals surface area contributed by atoms with Crippen LogP contribution in [-0.2, 0) is 11.2 Å². The Labute approximate surface area is 100 Å². The molecule has 3 nitrogen and oxygen atoms in total. The molecular formula is C12H18N2OS. The number of aromatic nitrogens is 1. The Morgan fingerprint density at radius 3 is 2.75 bits per heavy atom. The smallest absolute Gasteiger partial charge is 0.158 e. The van der Waals surface area contributed by atoms with Gasteiger partial charge in [-0.2, -0.15) is 0 Å². The summed E-state index contributed by atoms with van der Waals surface area (Å²) in [6, 6.07) is 0. The molecule has 0 amide bonds. The first-order chi connectivity index (χ1) is 7.60. The number of ketones is 1. The van der Waals surface area contributed by atoms with E-state index in [1.165, 1.54) is 6.42 Å². The summed E-state index contributed by atoms with van der Waals surface area (Å²) in [4.78, 5) is 16.5. The van der Waals surface area contributed by atoms with Gasteiger partial charge in [0.1, 0.15) is 0 Å². The molecule has 88 valence electrons. The molecule has 0 saturated heterocycles. The average molecular weight is 238 g/mol. The van der Waals surface area contributed by atoms with Crippen LogP contribution in [-0.4, -0.2) is 16.3 Å². The zero-order chi connectivity index (χ0) is 11.6. The molecule has 1 saturated carbocycles. The lowest BCUT2D eigenvalue weighted by Crippen LogP contribution is -2.50. The fourth-order valence-electron chi connectivity index (χ4n) is 2.29. The maximum Gasteiger partial charge on any atom is 0.158 e. The van der Waals surface area contributed by atoms with Gasteiger partial charge in [0.25, 0.3) is 0 Å². The first-order valence-electron chi connectivity index (χ1n) is 5.83. The minimum atomic E-state index is -0.574. The highest BCUT2D eigenvalue weighted by Gasteiger charge is 2.34. The lowest BCUT2D eigenvalue weighted by Gasteiger charge is -2.31. The van der Waals surface area contributed by atoms with E-state index in [0.717, 1.165) is 36.4 Å². The number of thiazole rings is 1. The van der Waals surface area contributed by atoms with E-state index in [9.17, 15) is 4.79 Å². The molecule has 1 aromatic rings. The third-order valence-corrected chi connectivity index (χ3v) is 4.13. The average Bonchev–Trinajstić information content (AvgIpc) is 2.65. The highest BCUT2D eigenvalue weighted by atomic mass is 32.1. The van der Waals surface area contributed by atoms with Crippen LogP contribution in [0.1, 0.15) is 42.8 Å². The van der Waals surface area contributed by atoms with Crippen molar-refractivity contribution in [2.45, 2.75) is 51.0 Å². The Kier molecular flexibility index (Phi) is 3.40. The third-order valence-electron chi connectivity index (χ3n) is 3.31. The van der Waals surface area contributed by atoms with E-state index in [2.05, 4.69) is 4.98 Å². The van der Waals surface area contributed by atoms with Crippen LogP contribution in [0.3, 0.4) is 0 Å². The van der Waals surface area contributed by atoms with Crippen molar-refractivity contribution in [3.8, 4) is 0 Å². The second-order valence-corrected chi connectivity index (χ2v) is 5.74. The molecule has 0 atom stereocenters. The standard InChI is InChI=1S/C12H18N2OS/c1-9-14-10(8-16-9)7-11(15)12(13)5-3-2-4-6-12/h8H,2-7,13H2,1H3. The van der Waals surface area contributed by atoms with Gasteiger partial charge in [0, 0.05) is 5.38 Å². The van der Waals surface area contributed by atoms with Crippen molar-refractivity contribution < 1.29 is 4.79 Å². The predicted molar refractivity (Wildman–Crippen MR) is 65.6 cm³/mol. The molecule has 4 heteroatoms. The normalized spacial score (nSPS) is 19.6. The molecule has 0 bridgehead atoms. The summed E-state index contributed by atoms with van der Waals surface area (Å²) in [5.74, 6) is 0.164. The maximum absolute atomic E-state index is 12.1. The summed E-state index contributed by atoms with van der Waals surface area (Å²) >= 11 is 1.59. The summed E-state index contributed by atoms with van der Waals surface area (Å²) < 4.78 is 0. The number of nitrogens with two attached hydrogens (primary N) is 1. The molecule has 1 fully saturated rings. The molecule has 2 rings (SSSR count). The van der Waals surface area contributed by atoms with Gasteiger partial charge in [0.2, 0.25) is 0 Å². The minimum absolute atomic E-state index is 0.164. The van der Waals surface area contributed by atoms with Crippen molar-refractivity contribution in [1.29, 1.82) is 0 Å². The highest BCUT2D eigenvalue weighted by Crippen LogP contribution is 2.27. The molecule has 1 aliphatic carbocycles. The fourth-order valence-corrected chi connectivity index (χ4v) is 2.90. The van der Waals surface area contributed by atoms with Gasteiger partial charge in [-0.05, 0) is 19.8 Å². The number of hydrogen-bond acceptors (Lipinski definition) is 4. The Hall–Kier alpha value is -0.740. The monoisotopic (exact) mass is 238 g/mol. The van der Waals surface area contributed by atoms with Gasteiger partial charge in [-0.25, -0.2) is 4.98 Å². The van der Waals surface area contributed by atoms with E-state index < -0.39 is 5.54 Å². The van der Waals surface area contributed by atoms with E-state index in [-0.39, 0.29) is 5.78 Å². The van der Waals surface area contributed by atoms with Crippen LogP contribution in [0.5, 0.6) is 0 Å². The fraction of sp³-hybridized carbons (Fsp3) is 0.667. The molecule has 0 aromatic carbocycles. The Bertz CT molecular complexity index is 380. The molecule has 0 aliphatic heterocycles. The van der Waals surface area contributed by atoms with E-state index in [1.807, 2.05) is 12.3 Å². The number of rotatable bonds is 3. The summed E-state index contributed by atoms with van der Waals surface area (Å²) in [6.07, 6.45) is 5.46. The number of hydrogen-bond donors (Lipinski definition) is 1. The molecule has 1 aliphatic rings. The Morgan fingerprint density at radius 1 is 1.50 bits per heavy atom. The van der Waals surface area contributed by atoms with Crippen LogP contribution in [0.2, 0.25) is 0 Å². The lowest BCUT2D eigenvalue weighted by atomic mass is 9.78. The van der Waals surface area contributed by atoms with Crippen LogP contribution < -0.4 is 5.73 Å². The van der Waals surface area contributed by atoms with Gasteiger partial charge in [0.15, 0.2) is 5.78 Å². The number of aryl methyl sites for hydroxylation is 1. The van der Waals surface area contributed by atoms with E-state index in [0.29, 0.717) is 6.42 Å². The van der Waals surface area contributed by atoms with E-state index >= 15 is 0 Å². The van der Waals surface area contributed by atoms with Crippen molar-refractivity contribution in [3.63, 3.8) is 0 Å². The second kappa shape index (κ2) is 4.63. The van der Waals surface area contributed by atoms with Crippen molar-refractivity contribution in [2.24, 2.45) is 5.73 Å². The molecular weight excluding hydrogens is 220 g/mol. The zero-order valence-corrected chi connectivity index (χ0v) is 10.5. The van der Waals surface area contributed by atoms with Crippen molar-refractivity contribution >= 4 is 17.1 Å². The number of carbonyl (C=O) groups is 1. The number of Topliss-reactive ketones (excluding diaryl/α,β-unsaturated/α-hetero) is 1. The third kappa shape index (κ3) is 2.50. The predicted octanol–water partition coefficient (Wildman–Crippen LogP) is 2.22. The minimum Gasteiger partial charge on any atom is -0.319 e. The second-order valence-electron chi connectivity index (χ2n) is 4.67. The van der Waals surface area contributed by atoms with Crippen LogP contribution >= 0.6 is 11.3 Å². The summed E-state index contributed by atoms with van der Waals surface area (Å²) in [6.45, 7) is 1.96. The van der Waals surface area contributed by atoms with E-state index in [4.69, 9.17) is 5.73 Å². The van der Waals surface area contributed by atoms with Gasteiger partial charge < -0.3 is 5.73 Å². The van der Waals surface area contributed by atoms with Crippen LogP contribution in [0, 0.1) is 6.92 Å². The molecule has 1 heterocycles. The van der Waals surface area contributed by atoms with Crippen molar-refractivity contribution in [2.75, 3.05) is 0 Å². The Balaban J connectivity index is 2.01. The van der Waals surface area contributed by atoms with Gasteiger partial charge in [-0.15, -0.1) is 11.3 Å². The Morgan fingerprint density at radius 2 is 2.19 bits per heavy atom. The van der Waals surface area contributed by atoms with Gasteiger partial charge in [0.05, 0.1) is 22.7 Å². The van der Waals surface area contributed by atoms with Crippen LogP contribution in [0.15, 0.2) is 5.38 Å². The first kappa shape index (κ1) is 11.7. The highest BCUT2D eigenvalue weighted by molar-refractivity contribution is 7.09. The summed E-state index contributed by atoms with van der Waals surface area (Å²) in [5, 5.41) is 2.97. The quantitative estimate of drug-likeness (QED) is 0.878. The molecule has 0 unspecified atom stereocenters. The zero-order valence-electron chi connectivity index (χ0n) is 9.66. The number of nitrogens with zero attached hydrogens (tertiary/aromatic N) is 1. The van der Waals surface area contributed by atoms with Gasteiger partial charge in [-0.3, -0.25) is 4.79 Å². The van der Waals surface area contributed by atoms with Gasteiger partial charge in [-0.1, -0.05) is 19.3 Å². The topological polar surface area (TPSA) is 56.0 Å². The van der Waals surface area contributed by atoms with Crippen molar-refractivity contribution in [1.82, 2.24) is 4.98 Å². The lowest BCUT2D eigenvalue weighted by molar-refractivity contribution is -0.124. The summed E-state index contributed by atoms with van der Waals surface area (Å²) in [5.41, 5.74) is 6.49. The SMILES string of the molecule is Cc1nc(CC(=O)C2(N)CCCCC2)cs1. The van der Waals surface area contributed by atoms with E-state index in [1.54, 1.807) is 11.3 Å². The molecule has 2 N–H and O–H groups in total. The molecule has 1 aromatic heterocycles. The van der Waals surface area contributed by atoms with Crippen LogP contribution in [0.25, 0.3) is 0 Å². The number of carbonyl (C=O) groups excluding carboxylic acids is 1. The largest absolute Gasteiger partial charge is 0.319 e. The molecule has 16 heavy (non-hydrogen) atoms. The molecule has 0 radical (unpaired) electrons.